The summed E-state index contributed by atoms with van der Waals surface area (Å²) in [6, 6.07) is 9.00. The molecule has 2 saturated carbocycles. The summed E-state index contributed by atoms with van der Waals surface area (Å²) >= 11 is 0. The van der Waals surface area contributed by atoms with E-state index in [0.29, 0.717) is 24.2 Å². The smallest absolute Gasteiger partial charge is 0.303 e. The van der Waals surface area contributed by atoms with Crippen LogP contribution in [0.3, 0.4) is 0 Å². The minimum Gasteiger partial charge on any atom is -0.458 e. The molecule has 7 atom stereocenters. The molecule has 6 heteroatoms. The van der Waals surface area contributed by atoms with Gasteiger partial charge < -0.3 is 9.64 Å². The zero-order valence-corrected chi connectivity index (χ0v) is 26.3. The summed E-state index contributed by atoms with van der Waals surface area (Å²) in [5.74, 6) is 7.24. The number of hydrogen-bond donors (Lipinski definition) is 0. The van der Waals surface area contributed by atoms with Crippen molar-refractivity contribution in [3.63, 3.8) is 0 Å². The highest BCUT2D eigenvalue weighted by Crippen LogP contribution is 2.70. The van der Waals surface area contributed by atoms with Crippen LogP contribution in [0.4, 0.5) is 5.69 Å². The molecule has 43 heavy (non-hydrogen) atoms. The number of benzene rings is 1. The number of anilines is 1. The third kappa shape index (κ3) is 4.97. The summed E-state index contributed by atoms with van der Waals surface area (Å²) in [5.41, 5.74) is 5.69. The predicted molar refractivity (Wildman–Crippen MR) is 169 cm³/mol. The van der Waals surface area contributed by atoms with Gasteiger partial charge in [0.25, 0.3) is 0 Å². The number of hydrogen-bond acceptors (Lipinski definition) is 6. The number of ketones is 1. The van der Waals surface area contributed by atoms with E-state index >= 15 is 0 Å². The molecule has 0 spiro atoms. The van der Waals surface area contributed by atoms with Gasteiger partial charge in [0.1, 0.15) is 6.04 Å². The van der Waals surface area contributed by atoms with Crippen molar-refractivity contribution in [3.8, 4) is 11.8 Å². The monoisotopic (exact) mass is 582 g/mol. The van der Waals surface area contributed by atoms with Gasteiger partial charge in [-0.2, -0.15) is 4.91 Å². The average molecular weight is 583 g/mol. The standard InChI is InChI=1S/C37H46N2O4/c1-5-16-37(34(41)23-43-25(3)40)17-15-33-31-20-24(2)30-21-27(38-42)11-14-29(30)35(31)32(22-36(33,37)4)26-9-12-28(13-10-26)39-18-7-6-8-19-39/h9-10,12-13,21,24,27,31-33H,6-8,11,14-15,17-20,22-23H2,1-4H3/t24?,27?,31-,32?,33-,36-,37+/m0/s1. The van der Waals surface area contributed by atoms with Gasteiger partial charge in [-0.05, 0) is 117 Å². The Labute approximate surface area is 256 Å². The second-order valence-electron chi connectivity index (χ2n) is 14.0. The molecule has 1 saturated heterocycles. The summed E-state index contributed by atoms with van der Waals surface area (Å²) in [7, 11) is 0. The number of piperidine rings is 1. The van der Waals surface area contributed by atoms with Gasteiger partial charge in [-0.3, -0.25) is 9.59 Å². The van der Waals surface area contributed by atoms with Gasteiger partial charge >= 0.3 is 5.97 Å². The Hall–Kier alpha value is -3.20. The molecule has 0 N–H and O–H groups in total. The first-order valence-electron chi connectivity index (χ1n) is 16.5. The fraction of sp³-hybridized carbons (Fsp3) is 0.622. The summed E-state index contributed by atoms with van der Waals surface area (Å²) < 4.78 is 5.30. The molecule has 6 rings (SSSR count). The van der Waals surface area contributed by atoms with Crippen molar-refractivity contribution < 1.29 is 14.3 Å². The van der Waals surface area contributed by atoms with Crippen LogP contribution in [0.2, 0.25) is 0 Å². The number of esters is 1. The zero-order valence-electron chi connectivity index (χ0n) is 26.3. The fourth-order valence-electron chi connectivity index (χ4n) is 9.79. The Morgan fingerprint density at radius 3 is 2.53 bits per heavy atom. The lowest BCUT2D eigenvalue weighted by Crippen LogP contribution is -2.52. The van der Waals surface area contributed by atoms with Crippen LogP contribution in [-0.2, 0) is 14.3 Å². The molecule has 1 aliphatic heterocycles. The number of nitroso groups, excluding NO2 is 1. The van der Waals surface area contributed by atoms with E-state index < -0.39 is 11.4 Å². The van der Waals surface area contributed by atoms with E-state index in [0.717, 1.165) is 45.2 Å². The molecule has 1 heterocycles. The molecule has 4 aliphatic carbocycles. The van der Waals surface area contributed by atoms with Crippen molar-refractivity contribution in [3.05, 3.63) is 57.5 Å². The second-order valence-corrected chi connectivity index (χ2v) is 14.0. The summed E-state index contributed by atoms with van der Waals surface area (Å²) in [6.45, 7) is 9.79. The normalized spacial score (nSPS) is 35.0. The Balaban J connectivity index is 1.47. The highest BCUT2D eigenvalue weighted by atomic mass is 16.5. The molecule has 0 radical (unpaired) electrons. The van der Waals surface area contributed by atoms with Crippen molar-refractivity contribution in [2.24, 2.45) is 33.8 Å². The number of Topliss-reactive ketones (excluding diaryl/α,β-unsaturated/α-hetero) is 1. The Morgan fingerprint density at radius 1 is 1.12 bits per heavy atom. The quantitative estimate of drug-likeness (QED) is 0.197. The largest absolute Gasteiger partial charge is 0.458 e. The van der Waals surface area contributed by atoms with Crippen LogP contribution in [0.5, 0.6) is 0 Å². The van der Waals surface area contributed by atoms with Gasteiger partial charge in [0.05, 0.1) is 5.41 Å². The van der Waals surface area contributed by atoms with Gasteiger partial charge in [0.2, 0.25) is 0 Å². The lowest BCUT2D eigenvalue weighted by Gasteiger charge is -2.55. The Morgan fingerprint density at radius 2 is 1.86 bits per heavy atom. The lowest BCUT2D eigenvalue weighted by atomic mass is 9.47. The van der Waals surface area contributed by atoms with E-state index in [-0.39, 0.29) is 29.8 Å². The Kier molecular flexibility index (Phi) is 8.13. The van der Waals surface area contributed by atoms with Crippen LogP contribution in [0.15, 0.2) is 52.2 Å². The van der Waals surface area contributed by atoms with E-state index in [2.05, 4.69) is 66.1 Å². The Bertz CT molecular complexity index is 1410. The molecule has 0 aromatic heterocycles. The van der Waals surface area contributed by atoms with Crippen LogP contribution in [-0.4, -0.2) is 37.5 Å². The molecule has 5 aliphatic rings. The summed E-state index contributed by atoms with van der Waals surface area (Å²) in [5, 5.41) is 3.42. The first kappa shape index (κ1) is 29.9. The van der Waals surface area contributed by atoms with Crippen molar-refractivity contribution in [2.45, 2.75) is 97.4 Å². The second kappa shape index (κ2) is 11.7. The first-order chi connectivity index (χ1) is 20.7. The third-order valence-corrected chi connectivity index (χ3v) is 11.8. The van der Waals surface area contributed by atoms with Gasteiger partial charge in [0.15, 0.2) is 12.4 Å². The van der Waals surface area contributed by atoms with E-state index in [1.165, 1.54) is 54.2 Å². The lowest BCUT2D eigenvalue weighted by molar-refractivity contribution is -0.150. The maximum atomic E-state index is 14.1. The molecule has 1 aromatic rings. The molecule has 0 amide bonds. The van der Waals surface area contributed by atoms with Gasteiger partial charge in [-0.25, -0.2) is 0 Å². The number of allylic oxidation sites excluding steroid dienone is 3. The summed E-state index contributed by atoms with van der Waals surface area (Å²) in [4.78, 5) is 39.8. The first-order valence-corrected chi connectivity index (χ1v) is 16.5. The zero-order chi connectivity index (χ0) is 30.4. The number of carbonyl (C=O) groups excluding carboxylic acids is 2. The van der Waals surface area contributed by atoms with Crippen molar-refractivity contribution in [1.29, 1.82) is 0 Å². The topological polar surface area (TPSA) is 76.0 Å². The number of ether oxygens (including phenoxy) is 1. The van der Waals surface area contributed by atoms with Gasteiger partial charge in [-0.1, -0.05) is 48.7 Å². The molecular weight excluding hydrogens is 536 g/mol. The van der Waals surface area contributed by atoms with Crippen LogP contribution in [0.1, 0.15) is 97.0 Å². The molecule has 228 valence electrons. The predicted octanol–water partition coefficient (Wildman–Crippen LogP) is 7.53. The maximum Gasteiger partial charge on any atom is 0.303 e. The molecule has 6 nitrogen and oxygen atoms in total. The van der Waals surface area contributed by atoms with Crippen LogP contribution >= 0.6 is 0 Å². The minimum atomic E-state index is -0.845. The number of rotatable bonds is 6. The molecule has 0 bridgehead atoms. The van der Waals surface area contributed by atoms with Crippen LogP contribution in [0.25, 0.3) is 0 Å². The van der Waals surface area contributed by atoms with E-state index in [4.69, 9.17) is 4.74 Å². The SMILES string of the molecule is CC#C[C@]1(C(=O)COC(C)=O)CC[C@H]2[C@@H]3CC(C)C4=CC(N=O)CCC4=C3C(c3ccc(N4CCCCC4)cc3)C[C@@]21C. The van der Waals surface area contributed by atoms with E-state index in [9.17, 15) is 14.5 Å². The van der Waals surface area contributed by atoms with Crippen LogP contribution in [0, 0.1) is 45.3 Å². The maximum absolute atomic E-state index is 14.1. The molecular formula is C37H46N2O4. The molecule has 3 unspecified atom stereocenters. The average Bonchev–Trinajstić information content (AvgIpc) is 3.32. The number of nitrogens with zero attached hydrogens (tertiary/aromatic N) is 2. The number of fused-ring (bicyclic) bond motifs is 4. The van der Waals surface area contributed by atoms with E-state index in [1.54, 1.807) is 0 Å². The van der Waals surface area contributed by atoms with Crippen molar-refractivity contribution >= 4 is 17.4 Å². The van der Waals surface area contributed by atoms with Gasteiger partial charge in [-0.15, -0.1) is 5.92 Å². The molecule has 1 aromatic carbocycles. The fourth-order valence-corrected chi connectivity index (χ4v) is 9.79. The number of carbonyl (C=O) groups is 2. The van der Waals surface area contributed by atoms with E-state index in [1.807, 2.05) is 6.92 Å². The minimum absolute atomic E-state index is 0.0562. The highest BCUT2D eigenvalue weighted by molar-refractivity contribution is 5.91. The van der Waals surface area contributed by atoms with Crippen LogP contribution < -0.4 is 4.90 Å². The van der Waals surface area contributed by atoms with Crippen molar-refractivity contribution in [1.82, 2.24) is 0 Å². The third-order valence-electron chi connectivity index (χ3n) is 11.8. The summed E-state index contributed by atoms with van der Waals surface area (Å²) in [6.07, 6.45) is 11.1. The molecule has 3 fully saturated rings. The van der Waals surface area contributed by atoms with Crippen molar-refractivity contribution in [2.75, 3.05) is 24.6 Å². The highest BCUT2D eigenvalue weighted by Gasteiger charge is 2.65. The van der Waals surface area contributed by atoms with Gasteiger partial charge in [0, 0.05) is 31.6 Å².